The summed E-state index contributed by atoms with van der Waals surface area (Å²) in [5.41, 5.74) is 0. The van der Waals surface area contributed by atoms with E-state index in [1.54, 1.807) is 0 Å². The summed E-state index contributed by atoms with van der Waals surface area (Å²) >= 11 is 0. The Balaban J connectivity index is 0.000000490. The quantitative estimate of drug-likeness (QED) is 0.404. The molecule has 1 aromatic rings. The van der Waals surface area contributed by atoms with Crippen LogP contribution in [0.15, 0.2) is 30.3 Å². The van der Waals surface area contributed by atoms with Crippen LogP contribution >= 0.6 is 9.24 Å². The molecule has 0 saturated carbocycles. The van der Waals surface area contributed by atoms with Gasteiger partial charge in [-0.05, 0) is 5.30 Å². The zero-order valence-electron chi connectivity index (χ0n) is 4.28. The van der Waals surface area contributed by atoms with Crippen molar-refractivity contribution in [3.05, 3.63) is 30.3 Å². The molecule has 1 rings (SSSR count). The zero-order valence-corrected chi connectivity index (χ0v) is 6.42. The van der Waals surface area contributed by atoms with Crippen LogP contribution in [0.4, 0.5) is 0 Å². The second kappa shape index (κ2) is 4.07. The predicted molar refractivity (Wildman–Crippen MR) is 35.8 cm³/mol. The average Bonchev–Trinajstić information content (AvgIpc) is 1.69. The van der Waals surface area contributed by atoms with Crippen molar-refractivity contribution in [1.82, 2.24) is 0 Å². The van der Waals surface area contributed by atoms with Crippen LogP contribution in [-0.4, -0.2) is 0 Å². The van der Waals surface area contributed by atoms with E-state index in [2.05, 4.69) is 9.24 Å². The van der Waals surface area contributed by atoms with Gasteiger partial charge < -0.3 is 0 Å². The number of hydrogen-bond acceptors (Lipinski definition) is 0. The molecule has 0 radical (unpaired) electrons. The maximum absolute atomic E-state index is 2.63. The fourth-order valence-electron chi connectivity index (χ4n) is 0.453. The van der Waals surface area contributed by atoms with Crippen LogP contribution in [0.1, 0.15) is 0 Å². The zero-order chi connectivity index (χ0) is 5.11. The molecule has 0 nitrogen and oxygen atoms in total. The van der Waals surface area contributed by atoms with Crippen molar-refractivity contribution >= 4 is 14.5 Å². The fourth-order valence-corrected chi connectivity index (χ4v) is 0.675. The molecule has 1 atom stereocenters. The van der Waals surface area contributed by atoms with Gasteiger partial charge in [-0.3, -0.25) is 0 Å². The smallest absolute Gasteiger partial charge is 0 e. The molecule has 1 unspecified atom stereocenters. The second-order valence-corrected chi connectivity index (χ2v) is 2.08. The molecular formula is C6H7NiP. The third-order valence-electron chi connectivity index (χ3n) is 0.800. The van der Waals surface area contributed by atoms with E-state index in [-0.39, 0.29) is 16.5 Å². The van der Waals surface area contributed by atoms with Crippen LogP contribution in [0, 0.1) is 0 Å². The maximum Gasteiger partial charge on any atom is 0 e. The largest absolute Gasteiger partial charge is 0.106 e. The van der Waals surface area contributed by atoms with Gasteiger partial charge >= 0.3 is 0 Å². The fraction of sp³-hybridized carbons (Fsp3) is 0. The summed E-state index contributed by atoms with van der Waals surface area (Å²) in [6.07, 6.45) is 0. The predicted octanol–water partition coefficient (Wildman–Crippen LogP) is 1.18. The maximum atomic E-state index is 2.63. The molecule has 0 aromatic heterocycles. The Kier molecular flexibility index (Phi) is 4.14. The van der Waals surface area contributed by atoms with Crippen LogP contribution in [0.5, 0.6) is 0 Å². The van der Waals surface area contributed by atoms with Crippen LogP contribution in [0.25, 0.3) is 0 Å². The van der Waals surface area contributed by atoms with Crippen molar-refractivity contribution in [1.29, 1.82) is 0 Å². The molecule has 8 heavy (non-hydrogen) atoms. The van der Waals surface area contributed by atoms with Gasteiger partial charge in [-0.25, -0.2) is 0 Å². The molecule has 0 fully saturated rings. The molecule has 1 aromatic carbocycles. The normalized spacial score (nSPS) is 7.62. The molecule has 46 valence electrons. The minimum Gasteiger partial charge on any atom is -0.106 e. The molecule has 0 amide bonds. The first-order valence-electron chi connectivity index (χ1n) is 2.20. The summed E-state index contributed by atoms with van der Waals surface area (Å²) in [6.45, 7) is 0. The van der Waals surface area contributed by atoms with Gasteiger partial charge in [-0.15, -0.1) is 9.24 Å². The molecule has 0 N–H and O–H groups in total. The Morgan fingerprint density at radius 2 is 1.50 bits per heavy atom. The van der Waals surface area contributed by atoms with Crippen molar-refractivity contribution in [2.24, 2.45) is 0 Å². The van der Waals surface area contributed by atoms with Crippen molar-refractivity contribution in [3.63, 3.8) is 0 Å². The first-order valence-corrected chi connectivity index (χ1v) is 2.78. The van der Waals surface area contributed by atoms with E-state index in [0.717, 1.165) is 0 Å². The second-order valence-electron chi connectivity index (χ2n) is 1.41. The van der Waals surface area contributed by atoms with E-state index in [9.17, 15) is 0 Å². The monoisotopic (exact) mass is 168 g/mol. The Bertz CT molecular complexity index is 138. The number of benzene rings is 1. The van der Waals surface area contributed by atoms with E-state index in [1.807, 2.05) is 30.3 Å². The first kappa shape index (κ1) is 8.14. The van der Waals surface area contributed by atoms with E-state index in [1.165, 1.54) is 5.30 Å². The molecule has 0 heterocycles. The Morgan fingerprint density at radius 1 is 1.00 bits per heavy atom. The topological polar surface area (TPSA) is 0 Å². The standard InChI is InChI=1S/C6H7P.Ni/c7-6-4-2-1-3-5-6;/h1-5H,7H2;. The summed E-state index contributed by atoms with van der Waals surface area (Å²) < 4.78 is 0. The molecular weight excluding hydrogens is 162 g/mol. The molecule has 0 aliphatic heterocycles. The first-order chi connectivity index (χ1) is 3.39. The minimum atomic E-state index is 0. The molecule has 0 spiro atoms. The van der Waals surface area contributed by atoms with Gasteiger partial charge in [-0.1, -0.05) is 30.3 Å². The van der Waals surface area contributed by atoms with E-state index in [0.29, 0.717) is 0 Å². The third kappa shape index (κ3) is 2.45. The van der Waals surface area contributed by atoms with Crippen LogP contribution < -0.4 is 5.30 Å². The SMILES string of the molecule is Pc1ccccc1.[Ni]. The number of rotatable bonds is 0. The summed E-state index contributed by atoms with van der Waals surface area (Å²) in [6, 6.07) is 10.1. The van der Waals surface area contributed by atoms with Crippen LogP contribution in [0.3, 0.4) is 0 Å². The molecule has 0 bridgehead atoms. The Hall–Kier alpha value is 0.144. The van der Waals surface area contributed by atoms with Gasteiger partial charge in [0.25, 0.3) is 0 Å². The van der Waals surface area contributed by atoms with Crippen LogP contribution in [-0.2, 0) is 16.5 Å². The van der Waals surface area contributed by atoms with E-state index < -0.39 is 0 Å². The van der Waals surface area contributed by atoms with Gasteiger partial charge in [0.05, 0.1) is 0 Å². The van der Waals surface area contributed by atoms with Crippen molar-refractivity contribution < 1.29 is 16.5 Å². The summed E-state index contributed by atoms with van der Waals surface area (Å²) in [5.74, 6) is 0. The van der Waals surface area contributed by atoms with Gasteiger partial charge in [0, 0.05) is 16.5 Å². The van der Waals surface area contributed by atoms with Gasteiger partial charge in [0.15, 0.2) is 0 Å². The molecule has 0 saturated heterocycles. The van der Waals surface area contributed by atoms with E-state index >= 15 is 0 Å². The van der Waals surface area contributed by atoms with E-state index in [4.69, 9.17) is 0 Å². The molecule has 0 aliphatic rings. The molecule has 2 heteroatoms. The Morgan fingerprint density at radius 3 is 1.75 bits per heavy atom. The van der Waals surface area contributed by atoms with Crippen molar-refractivity contribution in [3.8, 4) is 0 Å². The summed E-state index contributed by atoms with van der Waals surface area (Å²) in [7, 11) is 2.63. The Labute approximate surface area is 61.8 Å². The summed E-state index contributed by atoms with van der Waals surface area (Å²) in [5, 5.41) is 1.24. The molecule has 0 aliphatic carbocycles. The van der Waals surface area contributed by atoms with Gasteiger partial charge in [-0.2, -0.15) is 0 Å². The minimum absolute atomic E-state index is 0. The third-order valence-corrected chi connectivity index (χ3v) is 1.18. The summed E-state index contributed by atoms with van der Waals surface area (Å²) in [4.78, 5) is 0. The van der Waals surface area contributed by atoms with Crippen molar-refractivity contribution in [2.45, 2.75) is 0 Å². The van der Waals surface area contributed by atoms with Crippen LogP contribution in [0.2, 0.25) is 0 Å². The van der Waals surface area contributed by atoms with Gasteiger partial charge in [0.1, 0.15) is 0 Å². The number of hydrogen-bond donors (Lipinski definition) is 0. The average molecular weight is 169 g/mol. The van der Waals surface area contributed by atoms with Crippen molar-refractivity contribution in [2.75, 3.05) is 0 Å². The van der Waals surface area contributed by atoms with Gasteiger partial charge in [0.2, 0.25) is 0 Å².